The maximum Gasteiger partial charge on any atom is 0.273 e. The maximum atomic E-state index is 12.7. The molecule has 1 heterocycles. The van der Waals surface area contributed by atoms with Gasteiger partial charge in [-0.1, -0.05) is 18.5 Å². The van der Waals surface area contributed by atoms with Crippen LogP contribution in [0.1, 0.15) is 62.4 Å². The fourth-order valence-corrected chi connectivity index (χ4v) is 6.40. The minimum absolute atomic E-state index is 0.113. The molecule has 5 rings (SSSR count). The van der Waals surface area contributed by atoms with Crippen LogP contribution in [0.2, 0.25) is 5.02 Å². The Morgan fingerprint density at radius 1 is 1.35 bits per heavy atom. The molecule has 23 heavy (non-hydrogen) atoms. The molecular formula is C18H26ClN3O. The number of nitrogens with zero attached hydrogens (tertiary/aromatic N) is 2. The average molecular weight is 336 g/mol. The zero-order valence-corrected chi connectivity index (χ0v) is 14.8. The number of carbonyl (C=O) groups is 1. The molecule has 1 amide bonds. The third kappa shape index (κ3) is 2.59. The van der Waals surface area contributed by atoms with E-state index in [1.165, 1.54) is 38.5 Å². The van der Waals surface area contributed by atoms with E-state index in [1.807, 2.05) is 0 Å². The quantitative estimate of drug-likeness (QED) is 0.909. The minimum atomic E-state index is -0.113. The summed E-state index contributed by atoms with van der Waals surface area (Å²) in [4.78, 5) is 12.7. The Bertz CT molecular complexity index is 588. The van der Waals surface area contributed by atoms with Crippen molar-refractivity contribution in [3.8, 4) is 0 Å². The fourth-order valence-electron chi connectivity index (χ4n) is 6.13. The van der Waals surface area contributed by atoms with Gasteiger partial charge in [0.25, 0.3) is 5.91 Å². The van der Waals surface area contributed by atoms with Gasteiger partial charge in [0.05, 0.1) is 5.02 Å². The standard InChI is InChI=1S/C18H26ClN3O/c1-3-15(20-17(23)16-14(19)10-22(2)21-16)18-7-11-4-12(8-18)6-13(5-11)9-18/h10-13,15H,3-9H2,1-2H3,(H,20,23). The third-order valence-electron chi connectivity index (χ3n) is 6.54. The van der Waals surface area contributed by atoms with E-state index in [-0.39, 0.29) is 11.9 Å². The van der Waals surface area contributed by atoms with Crippen molar-refractivity contribution in [1.29, 1.82) is 0 Å². The van der Waals surface area contributed by atoms with Crippen LogP contribution < -0.4 is 5.32 Å². The zero-order valence-electron chi connectivity index (χ0n) is 14.0. The molecule has 1 aromatic rings. The van der Waals surface area contributed by atoms with Crippen LogP contribution in [0, 0.1) is 23.2 Å². The highest BCUT2D eigenvalue weighted by atomic mass is 35.5. The Morgan fingerprint density at radius 3 is 2.35 bits per heavy atom. The van der Waals surface area contributed by atoms with Crippen molar-refractivity contribution in [3.05, 3.63) is 16.9 Å². The molecule has 0 aliphatic heterocycles. The molecule has 4 bridgehead atoms. The summed E-state index contributed by atoms with van der Waals surface area (Å²) < 4.78 is 1.60. The van der Waals surface area contributed by atoms with Gasteiger partial charge in [-0.3, -0.25) is 9.48 Å². The lowest BCUT2D eigenvalue weighted by atomic mass is 9.47. The average Bonchev–Trinajstić information content (AvgIpc) is 2.81. The van der Waals surface area contributed by atoms with Crippen molar-refractivity contribution in [3.63, 3.8) is 0 Å². The van der Waals surface area contributed by atoms with Gasteiger partial charge in [-0.15, -0.1) is 0 Å². The second-order valence-corrected chi connectivity index (χ2v) is 8.62. The van der Waals surface area contributed by atoms with E-state index in [0.717, 1.165) is 24.2 Å². The van der Waals surface area contributed by atoms with Crippen LogP contribution in [-0.2, 0) is 7.05 Å². The van der Waals surface area contributed by atoms with Gasteiger partial charge >= 0.3 is 0 Å². The second-order valence-electron chi connectivity index (χ2n) is 8.21. The largest absolute Gasteiger partial charge is 0.347 e. The molecule has 0 saturated heterocycles. The normalized spacial score (nSPS) is 36.2. The third-order valence-corrected chi connectivity index (χ3v) is 6.81. The van der Waals surface area contributed by atoms with Crippen LogP contribution in [0.25, 0.3) is 0 Å². The summed E-state index contributed by atoms with van der Waals surface area (Å²) in [6.45, 7) is 2.20. The van der Waals surface area contributed by atoms with Crippen molar-refractivity contribution in [2.75, 3.05) is 0 Å². The molecule has 4 aliphatic carbocycles. The molecule has 126 valence electrons. The van der Waals surface area contributed by atoms with Gasteiger partial charge in [0.2, 0.25) is 0 Å². The first-order chi connectivity index (χ1) is 11.0. The van der Waals surface area contributed by atoms with Gasteiger partial charge in [-0.2, -0.15) is 5.10 Å². The summed E-state index contributed by atoms with van der Waals surface area (Å²) in [7, 11) is 1.79. The SMILES string of the molecule is CCC(NC(=O)c1nn(C)cc1Cl)C12CC3CC(CC(C3)C1)C2. The Hall–Kier alpha value is -1.03. The maximum absolute atomic E-state index is 12.7. The van der Waals surface area contributed by atoms with Gasteiger partial charge in [0.1, 0.15) is 0 Å². The van der Waals surface area contributed by atoms with Gasteiger partial charge < -0.3 is 5.32 Å². The predicted molar refractivity (Wildman–Crippen MR) is 90.4 cm³/mol. The second kappa shape index (κ2) is 5.51. The Kier molecular flexibility index (Phi) is 3.71. The van der Waals surface area contributed by atoms with E-state index in [1.54, 1.807) is 17.9 Å². The molecule has 1 aromatic heterocycles. The molecule has 4 saturated carbocycles. The highest BCUT2D eigenvalue weighted by Crippen LogP contribution is 2.61. The Balaban J connectivity index is 1.55. The summed E-state index contributed by atoms with van der Waals surface area (Å²) >= 11 is 6.14. The van der Waals surface area contributed by atoms with Gasteiger partial charge in [-0.05, 0) is 68.1 Å². The molecule has 4 aliphatic rings. The fraction of sp³-hybridized carbons (Fsp3) is 0.778. The first-order valence-electron chi connectivity index (χ1n) is 8.99. The zero-order chi connectivity index (χ0) is 16.2. The number of rotatable bonds is 4. The predicted octanol–water partition coefficient (Wildman–Crippen LogP) is 3.80. The number of aromatic nitrogens is 2. The number of hydrogen-bond acceptors (Lipinski definition) is 2. The summed E-state index contributed by atoms with van der Waals surface area (Å²) in [5.41, 5.74) is 0.679. The molecule has 0 aromatic carbocycles. The molecule has 1 unspecified atom stereocenters. The van der Waals surface area contributed by atoms with Crippen molar-refractivity contribution >= 4 is 17.5 Å². The minimum Gasteiger partial charge on any atom is -0.347 e. The summed E-state index contributed by atoms with van der Waals surface area (Å²) in [5, 5.41) is 7.95. The van der Waals surface area contributed by atoms with E-state index in [9.17, 15) is 4.79 Å². The lowest BCUT2D eigenvalue weighted by Crippen LogP contribution is -2.56. The lowest BCUT2D eigenvalue weighted by molar-refractivity contribution is -0.0727. The van der Waals surface area contributed by atoms with Crippen LogP contribution in [0.3, 0.4) is 0 Å². The van der Waals surface area contributed by atoms with Gasteiger partial charge in [0, 0.05) is 19.3 Å². The summed E-state index contributed by atoms with van der Waals surface area (Å²) in [5.74, 6) is 2.57. The monoisotopic (exact) mass is 335 g/mol. The number of nitrogens with one attached hydrogen (secondary N) is 1. The molecule has 4 fully saturated rings. The molecule has 5 heteroatoms. The van der Waals surface area contributed by atoms with E-state index >= 15 is 0 Å². The summed E-state index contributed by atoms with van der Waals surface area (Å²) in [6, 6.07) is 0.251. The number of aryl methyl sites for hydroxylation is 1. The van der Waals surface area contributed by atoms with Crippen molar-refractivity contribution < 1.29 is 4.79 Å². The molecule has 4 nitrogen and oxygen atoms in total. The first-order valence-corrected chi connectivity index (χ1v) is 9.37. The molecule has 0 spiro atoms. The van der Waals surface area contributed by atoms with E-state index in [2.05, 4.69) is 17.3 Å². The van der Waals surface area contributed by atoms with E-state index < -0.39 is 0 Å². The number of hydrogen-bond donors (Lipinski definition) is 1. The molecular weight excluding hydrogens is 310 g/mol. The number of halogens is 1. The highest BCUT2D eigenvalue weighted by molar-refractivity contribution is 6.33. The van der Waals surface area contributed by atoms with Crippen molar-refractivity contribution in [1.82, 2.24) is 15.1 Å². The van der Waals surface area contributed by atoms with Gasteiger partial charge in [-0.25, -0.2) is 0 Å². The molecule has 0 radical (unpaired) electrons. The van der Waals surface area contributed by atoms with E-state index in [4.69, 9.17) is 11.6 Å². The van der Waals surface area contributed by atoms with Crippen LogP contribution in [0.4, 0.5) is 0 Å². The smallest absolute Gasteiger partial charge is 0.273 e. The lowest BCUT2D eigenvalue weighted by Gasteiger charge is -2.59. The first kappa shape index (κ1) is 15.5. The Morgan fingerprint density at radius 2 is 1.91 bits per heavy atom. The van der Waals surface area contributed by atoms with Crippen molar-refractivity contribution in [2.45, 2.75) is 57.9 Å². The highest BCUT2D eigenvalue weighted by Gasteiger charge is 2.54. The van der Waals surface area contributed by atoms with Crippen LogP contribution >= 0.6 is 11.6 Å². The van der Waals surface area contributed by atoms with Crippen LogP contribution in [0.15, 0.2) is 6.20 Å². The number of carbonyl (C=O) groups excluding carboxylic acids is 1. The molecule has 1 N–H and O–H groups in total. The molecule has 1 atom stereocenters. The van der Waals surface area contributed by atoms with E-state index in [0.29, 0.717) is 16.1 Å². The van der Waals surface area contributed by atoms with Crippen molar-refractivity contribution in [2.24, 2.45) is 30.2 Å². The van der Waals surface area contributed by atoms with Gasteiger partial charge in [0.15, 0.2) is 5.69 Å². The van der Waals surface area contributed by atoms with Crippen LogP contribution in [-0.4, -0.2) is 21.7 Å². The van der Waals surface area contributed by atoms with Crippen LogP contribution in [0.5, 0.6) is 0 Å². The topological polar surface area (TPSA) is 46.9 Å². The number of amides is 1. The summed E-state index contributed by atoms with van der Waals surface area (Å²) in [6.07, 6.45) is 10.8. The Labute approximate surface area is 143 Å².